The Kier molecular flexibility index (Phi) is 5.74. The highest BCUT2D eigenvalue weighted by Crippen LogP contribution is 2.23. The van der Waals surface area contributed by atoms with E-state index in [1.165, 1.54) is 32.1 Å². The van der Waals surface area contributed by atoms with E-state index in [0.717, 1.165) is 25.9 Å². The van der Waals surface area contributed by atoms with Crippen LogP contribution < -0.4 is 0 Å². The van der Waals surface area contributed by atoms with Crippen molar-refractivity contribution in [2.75, 3.05) is 13.1 Å². The van der Waals surface area contributed by atoms with Gasteiger partial charge in [-0.25, -0.2) is 0 Å². The Morgan fingerprint density at radius 2 is 2.07 bits per heavy atom. The van der Waals surface area contributed by atoms with Crippen molar-refractivity contribution in [3.05, 3.63) is 0 Å². The summed E-state index contributed by atoms with van der Waals surface area (Å²) in [5.41, 5.74) is 0. The molecule has 1 atom stereocenters. The lowest BCUT2D eigenvalue weighted by molar-refractivity contribution is -0.138. The smallest absolute Gasteiger partial charge is 0.225 e. The van der Waals surface area contributed by atoms with Gasteiger partial charge >= 0.3 is 0 Å². The zero-order valence-corrected chi connectivity index (χ0v) is 10.3. The lowest BCUT2D eigenvalue weighted by Crippen LogP contribution is -2.40. The highest BCUT2D eigenvalue weighted by molar-refractivity contribution is 5.79. The van der Waals surface area contributed by atoms with Crippen LogP contribution in [-0.4, -0.2) is 23.9 Å². The van der Waals surface area contributed by atoms with Gasteiger partial charge in [0.2, 0.25) is 5.91 Å². The van der Waals surface area contributed by atoms with Crippen LogP contribution in [0.4, 0.5) is 0 Å². The van der Waals surface area contributed by atoms with Gasteiger partial charge in [-0.15, -0.1) is 0 Å². The van der Waals surface area contributed by atoms with Gasteiger partial charge in [0.05, 0.1) is 0 Å². The molecular weight excluding hydrogens is 186 g/mol. The highest BCUT2D eigenvalue weighted by atomic mass is 16.2. The Bertz CT molecular complexity index is 191. The summed E-state index contributed by atoms with van der Waals surface area (Å²) in [5, 5.41) is 0. The van der Waals surface area contributed by atoms with Gasteiger partial charge in [0.15, 0.2) is 0 Å². The van der Waals surface area contributed by atoms with E-state index in [-0.39, 0.29) is 0 Å². The zero-order chi connectivity index (χ0) is 11.1. The van der Waals surface area contributed by atoms with Gasteiger partial charge in [-0.2, -0.15) is 0 Å². The van der Waals surface area contributed by atoms with Crippen LogP contribution in [0.2, 0.25) is 0 Å². The van der Waals surface area contributed by atoms with Crippen molar-refractivity contribution in [3.8, 4) is 0 Å². The summed E-state index contributed by atoms with van der Waals surface area (Å²) in [6.07, 6.45) is 8.58. The number of carbonyl (C=O) groups is 1. The van der Waals surface area contributed by atoms with Crippen LogP contribution in [0.15, 0.2) is 0 Å². The summed E-state index contributed by atoms with van der Waals surface area (Å²) >= 11 is 0. The van der Waals surface area contributed by atoms with Crippen LogP contribution in [0.1, 0.15) is 58.8 Å². The Morgan fingerprint density at radius 1 is 1.27 bits per heavy atom. The monoisotopic (exact) mass is 211 g/mol. The van der Waals surface area contributed by atoms with E-state index in [4.69, 9.17) is 0 Å². The second-order valence-corrected chi connectivity index (χ2v) is 4.61. The number of unbranched alkanes of at least 4 members (excludes halogenated alkanes) is 3. The van der Waals surface area contributed by atoms with Crippen molar-refractivity contribution in [3.63, 3.8) is 0 Å². The van der Waals surface area contributed by atoms with E-state index in [2.05, 4.69) is 13.8 Å². The van der Waals surface area contributed by atoms with Gasteiger partial charge in [0.1, 0.15) is 0 Å². The fourth-order valence-corrected chi connectivity index (χ4v) is 2.42. The van der Waals surface area contributed by atoms with Crippen molar-refractivity contribution in [1.29, 1.82) is 0 Å². The third-order valence-corrected chi connectivity index (χ3v) is 3.43. The number of rotatable bonds is 6. The van der Waals surface area contributed by atoms with Crippen molar-refractivity contribution in [1.82, 2.24) is 4.90 Å². The van der Waals surface area contributed by atoms with Gasteiger partial charge in [-0.3, -0.25) is 4.79 Å². The number of likely N-dealkylation sites (tertiary alicyclic amines) is 1. The Morgan fingerprint density at radius 3 is 2.73 bits per heavy atom. The summed E-state index contributed by atoms with van der Waals surface area (Å²) in [6.45, 7) is 6.19. The molecule has 0 radical (unpaired) electrons. The average Bonchev–Trinajstić information content (AvgIpc) is 2.26. The molecule has 2 nitrogen and oxygen atoms in total. The maximum absolute atomic E-state index is 11.9. The first-order valence-electron chi connectivity index (χ1n) is 6.58. The van der Waals surface area contributed by atoms with Gasteiger partial charge < -0.3 is 4.90 Å². The van der Waals surface area contributed by atoms with E-state index in [1.807, 2.05) is 4.90 Å². The molecule has 0 aromatic heterocycles. The lowest BCUT2D eigenvalue weighted by atomic mass is 9.91. The number of amides is 1. The molecule has 1 heterocycles. The standard InChI is InChI=1S/C13H25NO/c1-3-5-6-7-9-12-10-8-11-14(4-2)13(12)15/h12H,3-11H2,1-2H3. The van der Waals surface area contributed by atoms with E-state index in [9.17, 15) is 4.79 Å². The Labute approximate surface area is 94.0 Å². The number of hydrogen-bond donors (Lipinski definition) is 0. The molecule has 0 N–H and O–H groups in total. The fourth-order valence-electron chi connectivity index (χ4n) is 2.42. The molecule has 1 fully saturated rings. The molecule has 15 heavy (non-hydrogen) atoms. The van der Waals surface area contributed by atoms with Crippen LogP contribution in [0.3, 0.4) is 0 Å². The third kappa shape index (κ3) is 3.84. The molecule has 1 aliphatic rings. The van der Waals surface area contributed by atoms with Gasteiger partial charge in [-0.1, -0.05) is 32.6 Å². The predicted octanol–water partition coefficient (Wildman–Crippen LogP) is 3.22. The van der Waals surface area contributed by atoms with Crippen LogP contribution in [-0.2, 0) is 4.79 Å². The maximum atomic E-state index is 11.9. The Hall–Kier alpha value is -0.530. The number of piperidine rings is 1. The quantitative estimate of drug-likeness (QED) is 0.618. The molecule has 1 rings (SSSR count). The second-order valence-electron chi connectivity index (χ2n) is 4.61. The molecular formula is C13H25NO. The van der Waals surface area contributed by atoms with Crippen LogP contribution in [0.5, 0.6) is 0 Å². The topological polar surface area (TPSA) is 20.3 Å². The summed E-state index contributed by atoms with van der Waals surface area (Å²) in [5.74, 6) is 0.760. The minimum absolute atomic E-state index is 0.343. The molecule has 0 aromatic rings. The fraction of sp³-hybridized carbons (Fsp3) is 0.923. The van der Waals surface area contributed by atoms with E-state index in [0.29, 0.717) is 11.8 Å². The van der Waals surface area contributed by atoms with Crippen molar-refractivity contribution >= 4 is 5.91 Å². The molecule has 1 amide bonds. The molecule has 1 unspecified atom stereocenters. The summed E-state index contributed by atoms with van der Waals surface area (Å²) < 4.78 is 0. The SMILES string of the molecule is CCCCCCC1CCCN(CC)C1=O. The molecule has 0 spiro atoms. The third-order valence-electron chi connectivity index (χ3n) is 3.43. The molecule has 0 aliphatic carbocycles. The minimum Gasteiger partial charge on any atom is -0.343 e. The van der Waals surface area contributed by atoms with Crippen molar-refractivity contribution < 1.29 is 4.79 Å². The molecule has 0 bridgehead atoms. The van der Waals surface area contributed by atoms with Crippen molar-refractivity contribution in [2.24, 2.45) is 5.92 Å². The Balaban J connectivity index is 2.24. The molecule has 0 saturated carbocycles. The van der Waals surface area contributed by atoms with Crippen LogP contribution in [0.25, 0.3) is 0 Å². The average molecular weight is 211 g/mol. The summed E-state index contributed by atoms with van der Waals surface area (Å²) in [6, 6.07) is 0. The molecule has 1 saturated heterocycles. The van der Waals surface area contributed by atoms with E-state index in [1.54, 1.807) is 0 Å². The van der Waals surface area contributed by atoms with Crippen molar-refractivity contribution in [2.45, 2.75) is 58.8 Å². The lowest BCUT2D eigenvalue weighted by Gasteiger charge is -2.31. The maximum Gasteiger partial charge on any atom is 0.225 e. The first kappa shape index (κ1) is 12.5. The van der Waals surface area contributed by atoms with Gasteiger partial charge in [-0.05, 0) is 26.2 Å². The number of carbonyl (C=O) groups excluding carboxylic acids is 1. The zero-order valence-electron chi connectivity index (χ0n) is 10.3. The molecule has 1 aliphatic heterocycles. The van der Waals surface area contributed by atoms with E-state index < -0.39 is 0 Å². The highest BCUT2D eigenvalue weighted by Gasteiger charge is 2.26. The summed E-state index contributed by atoms with van der Waals surface area (Å²) in [4.78, 5) is 14.0. The summed E-state index contributed by atoms with van der Waals surface area (Å²) in [7, 11) is 0. The van der Waals surface area contributed by atoms with Gasteiger partial charge in [0, 0.05) is 19.0 Å². The minimum atomic E-state index is 0.343. The first-order chi connectivity index (χ1) is 7.29. The number of nitrogens with zero attached hydrogens (tertiary/aromatic N) is 1. The normalized spacial score (nSPS) is 22.1. The van der Waals surface area contributed by atoms with E-state index >= 15 is 0 Å². The van der Waals surface area contributed by atoms with Gasteiger partial charge in [0.25, 0.3) is 0 Å². The molecule has 88 valence electrons. The second kappa shape index (κ2) is 6.86. The largest absolute Gasteiger partial charge is 0.343 e. The van der Waals surface area contributed by atoms with Crippen LogP contribution in [0, 0.1) is 5.92 Å². The van der Waals surface area contributed by atoms with Crippen LogP contribution >= 0.6 is 0 Å². The molecule has 2 heteroatoms. The molecule has 0 aromatic carbocycles. The first-order valence-corrected chi connectivity index (χ1v) is 6.58. The number of hydrogen-bond acceptors (Lipinski definition) is 1. The predicted molar refractivity (Wildman–Crippen MR) is 63.7 cm³/mol.